The zero-order chi connectivity index (χ0) is 44.6. The predicted molar refractivity (Wildman–Crippen MR) is 156 cm³/mol. The van der Waals surface area contributed by atoms with Gasteiger partial charge in [0.05, 0.1) is 44.5 Å². The van der Waals surface area contributed by atoms with Crippen LogP contribution >= 0.6 is 0 Å². The van der Waals surface area contributed by atoms with E-state index in [1.54, 1.807) is 0 Å². The van der Waals surface area contributed by atoms with Gasteiger partial charge in [-0.25, -0.2) is 0 Å². The first kappa shape index (κ1) is 46.0. The van der Waals surface area contributed by atoms with Crippen molar-refractivity contribution in [3.05, 3.63) is 117 Å². The number of benzene rings is 4. The van der Waals surface area contributed by atoms with Crippen LogP contribution in [0.1, 0.15) is 44.5 Å². The van der Waals surface area contributed by atoms with E-state index in [1.165, 1.54) is 0 Å². The molecule has 0 bridgehead atoms. The average Bonchev–Trinajstić information content (AvgIpc) is 3.03. The Labute approximate surface area is 307 Å². The van der Waals surface area contributed by atoms with Gasteiger partial charge in [0.15, 0.2) is 13.2 Å². The summed E-state index contributed by atoms with van der Waals surface area (Å²) in [6, 6.07) is -6.74. The number of rotatable bonds is 5. The molecule has 314 valence electrons. The molecule has 26 heteroatoms. The fraction of sp³-hybridized carbons (Fsp3) is 0.250. The van der Waals surface area contributed by atoms with Gasteiger partial charge in [-0.3, -0.25) is 0 Å². The van der Waals surface area contributed by atoms with Crippen LogP contribution in [0.5, 0.6) is 0 Å². The van der Waals surface area contributed by atoms with Gasteiger partial charge in [0.2, 0.25) is 0 Å². The highest BCUT2D eigenvalue weighted by Crippen LogP contribution is 2.40. The lowest BCUT2D eigenvalue weighted by Gasteiger charge is -2.29. The minimum Gasteiger partial charge on any atom is -0.166 e. The van der Waals surface area contributed by atoms with Crippen LogP contribution in [0.4, 0.5) is 105 Å². The first-order valence-electron chi connectivity index (χ1n) is 15.0. The summed E-state index contributed by atoms with van der Waals surface area (Å²) < 4.78 is 337. The molecule has 4 aromatic carbocycles. The molecule has 58 heavy (non-hydrogen) atoms. The molecular weight excluding hydrogens is 862 g/mol. The molecule has 0 nitrogen and oxygen atoms in total. The summed E-state index contributed by atoms with van der Waals surface area (Å²) in [4.78, 5) is 0. The van der Waals surface area contributed by atoms with Crippen LogP contribution in [0.15, 0.2) is 72.8 Å². The third-order valence-electron chi connectivity index (χ3n) is 8.21. The summed E-state index contributed by atoms with van der Waals surface area (Å²) in [7, 11) is 0. The van der Waals surface area contributed by atoms with E-state index in [0.29, 0.717) is 0 Å². The number of alkyl halides is 24. The Balaban J connectivity index is 2.44. The largest absolute Gasteiger partial charge is 0.416 e. The summed E-state index contributed by atoms with van der Waals surface area (Å²) in [5.74, 6) is 0. The van der Waals surface area contributed by atoms with Gasteiger partial charge in [-0.15, -0.1) is 0 Å². The fourth-order valence-corrected chi connectivity index (χ4v) is 5.79. The smallest absolute Gasteiger partial charge is 0.166 e. The molecule has 0 N–H and O–H groups in total. The second-order valence-corrected chi connectivity index (χ2v) is 12.3. The Bertz CT molecular complexity index is 1710. The fourth-order valence-electron chi connectivity index (χ4n) is 5.79. The normalized spacial score (nSPS) is 13.9. The molecule has 0 heterocycles. The lowest BCUT2D eigenvalue weighted by molar-refractivity contribution is -0.144. The molecule has 0 spiro atoms. The van der Waals surface area contributed by atoms with Crippen molar-refractivity contribution in [2.45, 2.75) is 49.4 Å². The summed E-state index contributed by atoms with van der Waals surface area (Å²) in [5.41, 5.74) is -27.4. The third-order valence-corrected chi connectivity index (χ3v) is 8.21. The maximum absolute atomic E-state index is 14.1. The molecule has 0 aliphatic heterocycles. The molecule has 4 rings (SSSR count). The molecule has 0 aliphatic carbocycles. The summed E-state index contributed by atoms with van der Waals surface area (Å²) >= 11 is 0. The van der Waals surface area contributed by atoms with Crippen molar-refractivity contribution in [3.63, 3.8) is 0 Å². The van der Waals surface area contributed by atoms with Crippen LogP contribution in [0.3, 0.4) is 0 Å². The number of hydrogen-bond acceptors (Lipinski definition) is 0. The SMILES string of the molecule is FC(F)(F)c1cc(B(B(c2cc(C(F)(F)F)cc(C(F)(F)F)c2)c2cc(C(F)(F)F)cc(C(F)(F)F)c2)c2cc(C(F)(F)F)cc(C(F)(F)F)c2)cc(C(F)(F)F)c1. The van der Waals surface area contributed by atoms with E-state index >= 15 is 0 Å². The number of halogens is 24. The highest BCUT2D eigenvalue weighted by atomic mass is 19.4. The number of hydrogen-bond donors (Lipinski definition) is 0. The van der Waals surface area contributed by atoms with E-state index < -0.39 is 202 Å². The van der Waals surface area contributed by atoms with E-state index in [9.17, 15) is 105 Å². The maximum atomic E-state index is 14.1. The van der Waals surface area contributed by atoms with Crippen LogP contribution in [0.2, 0.25) is 0 Å². The van der Waals surface area contributed by atoms with Crippen molar-refractivity contribution in [2.75, 3.05) is 0 Å². The van der Waals surface area contributed by atoms with Gasteiger partial charge in [0.1, 0.15) is 0 Å². The summed E-state index contributed by atoms with van der Waals surface area (Å²) in [6.07, 6.45) is -47.8. The van der Waals surface area contributed by atoms with Gasteiger partial charge >= 0.3 is 49.4 Å². The van der Waals surface area contributed by atoms with Crippen molar-refractivity contribution < 1.29 is 105 Å². The van der Waals surface area contributed by atoms with Gasteiger partial charge < -0.3 is 0 Å². The molecule has 0 fully saturated rings. The molecule has 0 saturated carbocycles. The highest BCUT2D eigenvalue weighted by Gasteiger charge is 2.47. The molecule has 0 saturated heterocycles. The Morgan fingerprint density at radius 1 is 0.190 bits per heavy atom. The Hall–Kier alpha value is -4.67. The van der Waals surface area contributed by atoms with Crippen LogP contribution in [0.25, 0.3) is 0 Å². The van der Waals surface area contributed by atoms with Gasteiger partial charge in [-0.1, -0.05) is 70.4 Å². The molecule has 0 radical (unpaired) electrons. The molecule has 0 aliphatic rings. The maximum Gasteiger partial charge on any atom is 0.416 e. The van der Waals surface area contributed by atoms with E-state index in [4.69, 9.17) is 0 Å². The van der Waals surface area contributed by atoms with Gasteiger partial charge in [0.25, 0.3) is 0 Å². The van der Waals surface area contributed by atoms with Crippen LogP contribution < -0.4 is 21.9 Å². The lowest BCUT2D eigenvalue weighted by atomic mass is 9.01. The first-order valence-corrected chi connectivity index (χ1v) is 15.0. The minimum absolute atomic E-state index is 0.489. The predicted octanol–water partition coefficient (Wildman–Crippen LogP) is 10.8. The summed E-state index contributed by atoms with van der Waals surface area (Å²) in [5, 5.41) is 0. The van der Waals surface area contributed by atoms with Crippen LogP contribution in [-0.4, -0.2) is 13.2 Å². The lowest BCUT2D eigenvalue weighted by Crippen LogP contribution is -2.66. The zero-order valence-corrected chi connectivity index (χ0v) is 27.2. The molecule has 0 unspecified atom stereocenters. The standard InChI is InChI=1S/C32H12B2F24/c35-25(36,37)13-1-14(26(38,39)40)6-21(5-13)33(22-7-15(27(41,42)43)2-16(8-22)28(44,45)46)34(23-9-17(29(47,48)49)3-18(10-23)30(50,51)52)24-11-19(31(53,54)55)4-20(12-24)32(56,57)58/h1-12H. The minimum atomic E-state index is -5.97. The highest BCUT2D eigenvalue weighted by molar-refractivity contribution is 7.42. The Kier molecular flexibility index (Phi) is 11.5. The van der Waals surface area contributed by atoms with Crippen molar-refractivity contribution in [2.24, 2.45) is 0 Å². The van der Waals surface area contributed by atoms with Crippen molar-refractivity contribution >= 4 is 35.1 Å². The topological polar surface area (TPSA) is 0 Å². The molecule has 0 amide bonds. The van der Waals surface area contributed by atoms with Crippen molar-refractivity contribution in [3.8, 4) is 0 Å². The van der Waals surface area contributed by atoms with E-state index in [1.807, 2.05) is 0 Å². The molecule has 0 atom stereocenters. The quantitative estimate of drug-likeness (QED) is 0.138. The zero-order valence-electron chi connectivity index (χ0n) is 27.2. The molecular formula is C32H12B2F24. The average molecular weight is 874 g/mol. The second-order valence-electron chi connectivity index (χ2n) is 12.3. The van der Waals surface area contributed by atoms with Gasteiger partial charge in [-0.2, -0.15) is 105 Å². The van der Waals surface area contributed by atoms with E-state index in [0.717, 1.165) is 0 Å². The van der Waals surface area contributed by atoms with E-state index in [2.05, 4.69) is 0 Å². The first-order chi connectivity index (χ1) is 25.8. The summed E-state index contributed by atoms with van der Waals surface area (Å²) in [6.45, 7) is -6.86. The molecule has 0 aromatic heterocycles. The van der Waals surface area contributed by atoms with Crippen molar-refractivity contribution in [1.29, 1.82) is 0 Å². The Morgan fingerprint density at radius 3 is 0.379 bits per heavy atom. The second kappa shape index (κ2) is 14.6. The van der Waals surface area contributed by atoms with Gasteiger partial charge in [-0.05, 0) is 24.3 Å². The van der Waals surface area contributed by atoms with E-state index in [-0.39, 0.29) is 0 Å². The van der Waals surface area contributed by atoms with Gasteiger partial charge in [0, 0.05) is 0 Å². The monoisotopic (exact) mass is 874 g/mol. The van der Waals surface area contributed by atoms with Crippen LogP contribution in [0, 0.1) is 0 Å². The Morgan fingerprint density at radius 2 is 0.293 bits per heavy atom. The molecule has 4 aromatic rings. The third kappa shape index (κ3) is 10.5. The van der Waals surface area contributed by atoms with Crippen LogP contribution in [-0.2, 0) is 49.4 Å². The van der Waals surface area contributed by atoms with Crippen molar-refractivity contribution in [1.82, 2.24) is 0 Å².